The fourth-order valence-electron chi connectivity index (χ4n) is 2.36. The van der Waals surface area contributed by atoms with Crippen LogP contribution in [-0.2, 0) is 0 Å². The molecule has 1 amide bonds. The van der Waals surface area contributed by atoms with E-state index < -0.39 is 0 Å². The largest absolute Gasteiger partial charge is 0.336 e. The van der Waals surface area contributed by atoms with E-state index >= 15 is 0 Å². The Kier molecular flexibility index (Phi) is 3.42. The van der Waals surface area contributed by atoms with Gasteiger partial charge in [-0.1, -0.05) is 6.07 Å². The molecule has 1 fully saturated rings. The summed E-state index contributed by atoms with van der Waals surface area (Å²) in [5, 5.41) is 14.4. The Labute approximate surface area is 116 Å². The lowest BCUT2D eigenvalue weighted by molar-refractivity contribution is 0.0709. The smallest absolute Gasteiger partial charge is 0.254 e. The van der Waals surface area contributed by atoms with Crippen LogP contribution in [0.25, 0.3) is 5.69 Å². The molecule has 1 aliphatic rings. The first kappa shape index (κ1) is 12.7. The highest BCUT2D eigenvalue weighted by Crippen LogP contribution is 2.12. The molecule has 20 heavy (non-hydrogen) atoms. The van der Waals surface area contributed by atoms with Gasteiger partial charge in [-0.15, -0.1) is 5.10 Å². The molecule has 7 heteroatoms. The number of hydrogen-bond acceptors (Lipinski definition) is 5. The number of aromatic nitrogens is 4. The van der Waals surface area contributed by atoms with Crippen molar-refractivity contribution < 1.29 is 4.79 Å². The molecule has 0 aliphatic carbocycles. The third-order valence-electron chi connectivity index (χ3n) is 3.36. The molecule has 104 valence electrons. The number of amides is 1. The quantitative estimate of drug-likeness (QED) is 0.839. The Balaban J connectivity index is 1.83. The van der Waals surface area contributed by atoms with Crippen LogP contribution in [0.15, 0.2) is 30.6 Å². The highest BCUT2D eigenvalue weighted by molar-refractivity contribution is 5.94. The van der Waals surface area contributed by atoms with E-state index in [-0.39, 0.29) is 5.91 Å². The SMILES string of the molecule is C[C@H]1CN(C(=O)c2cccc(-n3cnnn3)c2)CCN1. The molecule has 1 aromatic heterocycles. The maximum absolute atomic E-state index is 12.5. The molecule has 1 aromatic carbocycles. The third-order valence-corrected chi connectivity index (χ3v) is 3.36. The summed E-state index contributed by atoms with van der Waals surface area (Å²) in [6, 6.07) is 7.67. The molecule has 1 atom stereocenters. The third kappa shape index (κ3) is 2.53. The number of hydrogen-bond donors (Lipinski definition) is 1. The Morgan fingerprint density at radius 2 is 2.35 bits per heavy atom. The molecule has 0 spiro atoms. The molecular formula is C13H16N6O. The van der Waals surface area contributed by atoms with Crippen LogP contribution in [-0.4, -0.2) is 56.7 Å². The summed E-state index contributed by atoms with van der Waals surface area (Å²) in [5.74, 6) is 0.0493. The molecule has 1 aliphatic heterocycles. The molecular weight excluding hydrogens is 256 g/mol. The number of tetrazole rings is 1. The number of carbonyl (C=O) groups excluding carboxylic acids is 1. The average molecular weight is 272 g/mol. The van der Waals surface area contributed by atoms with E-state index in [4.69, 9.17) is 0 Å². The molecule has 0 saturated carbocycles. The average Bonchev–Trinajstić information content (AvgIpc) is 3.01. The Morgan fingerprint density at radius 1 is 1.45 bits per heavy atom. The van der Waals surface area contributed by atoms with Crippen molar-refractivity contribution in [3.8, 4) is 5.69 Å². The molecule has 0 radical (unpaired) electrons. The van der Waals surface area contributed by atoms with Crippen LogP contribution in [0.1, 0.15) is 17.3 Å². The summed E-state index contributed by atoms with van der Waals surface area (Å²) in [5.41, 5.74) is 1.44. The van der Waals surface area contributed by atoms with Crippen molar-refractivity contribution in [2.75, 3.05) is 19.6 Å². The molecule has 3 rings (SSSR count). The number of nitrogens with zero attached hydrogens (tertiary/aromatic N) is 5. The van der Waals surface area contributed by atoms with Gasteiger partial charge in [0.05, 0.1) is 5.69 Å². The highest BCUT2D eigenvalue weighted by Gasteiger charge is 2.21. The molecule has 2 heterocycles. The van der Waals surface area contributed by atoms with Gasteiger partial charge in [0.1, 0.15) is 6.33 Å². The lowest BCUT2D eigenvalue weighted by Gasteiger charge is -2.32. The van der Waals surface area contributed by atoms with Gasteiger partial charge in [-0.05, 0) is 35.5 Å². The Hall–Kier alpha value is -2.28. The van der Waals surface area contributed by atoms with Crippen LogP contribution in [0, 0.1) is 0 Å². The minimum atomic E-state index is 0.0493. The summed E-state index contributed by atoms with van der Waals surface area (Å²) in [6.45, 7) is 4.38. The van der Waals surface area contributed by atoms with Crippen LogP contribution in [0.4, 0.5) is 0 Å². The van der Waals surface area contributed by atoms with Crippen molar-refractivity contribution in [3.63, 3.8) is 0 Å². The fourth-order valence-corrected chi connectivity index (χ4v) is 2.36. The highest BCUT2D eigenvalue weighted by atomic mass is 16.2. The number of piperazine rings is 1. The van der Waals surface area contributed by atoms with Crippen LogP contribution >= 0.6 is 0 Å². The van der Waals surface area contributed by atoms with Gasteiger partial charge in [0.15, 0.2) is 0 Å². The van der Waals surface area contributed by atoms with E-state index in [1.54, 1.807) is 0 Å². The topological polar surface area (TPSA) is 75.9 Å². The summed E-state index contributed by atoms with van der Waals surface area (Å²) in [6.07, 6.45) is 1.51. The van der Waals surface area contributed by atoms with Crippen LogP contribution in [0.3, 0.4) is 0 Å². The first-order valence-electron chi connectivity index (χ1n) is 6.60. The van der Waals surface area contributed by atoms with Gasteiger partial charge in [0.2, 0.25) is 0 Å². The first-order chi connectivity index (χ1) is 9.74. The zero-order valence-electron chi connectivity index (χ0n) is 11.2. The van der Waals surface area contributed by atoms with E-state index in [0.717, 1.165) is 25.3 Å². The van der Waals surface area contributed by atoms with Crippen molar-refractivity contribution in [1.29, 1.82) is 0 Å². The van der Waals surface area contributed by atoms with E-state index in [0.29, 0.717) is 11.6 Å². The maximum atomic E-state index is 12.5. The fraction of sp³-hybridized carbons (Fsp3) is 0.385. The summed E-state index contributed by atoms with van der Waals surface area (Å²) in [4.78, 5) is 14.4. The summed E-state index contributed by atoms with van der Waals surface area (Å²) in [7, 11) is 0. The van der Waals surface area contributed by atoms with E-state index in [1.807, 2.05) is 29.2 Å². The molecule has 1 N–H and O–H groups in total. The Morgan fingerprint density at radius 3 is 3.10 bits per heavy atom. The molecule has 7 nitrogen and oxygen atoms in total. The number of rotatable bonds is 2. The monoisotopic (exact) mass is 272 g/mol. The number of nitrogens with one attached hydrogen (secondary N) is 1. The van der Waals surface area contributed by atoms with Crippen molar-refractivity contribution in [3.05, 3.63) is 36.2 Å². The minimum Gasteiger partial charge on any atom is -0.336 e. The zero-order valence-corrected chi connectivity index (χ0v) is 11.2. The van der Waals surface area contributed by atoms with E-state index in [9.17, 15) is 4.79 Å². The lowest BCUT2D eigenvalue weighted by atomic mass is 10.1. The van der Waals surface area contributed by atoms with Crippen molar-refractivity contribution in [2.45, 2.75) is 13.0 Å². The number of benzene rings is 1. The normalized spacial score (nSPS) is 19.1. The number of carbonyl (C=O) groups is 1. The van der Waals surface area contributed by atoms with Gasteiger partial charge < -0.3 is 10.2 Å². The lowest BCUT2D eigenvalue weighted by Crippen LogP contribution is -2.51. The van der Waals surface area contributed by atoms with Gasteiger partial charge in [0, 0.05) is 31.2 Å². The second-order valence-electron chi connectivity index (χ2n) is 4.91. The predicted octanol–water partition coefficient (Wildman–Crippen LogP) is 0.0962. The molecule has 2 aromatic rings. The minimum absolute atomic E-state index is 0.0493. The second kappa shape index (κ2) is 5.38. The molecule has 0 bridgehead atoms. The maximum Gasteiger partial charge on any atom is 0.254 e. The van der Waals surface area contributed by atoms with E-state index in [2.05, 4.69) is 27.8 Å². The van der Waals surface area contributed by atoms with Gasteiger partial charge in [-0.25, -0.2) is 4.68 Å². The summed E-state index contributed by atoms with van der Waals surface area (Å²) >= 11 is 0. The van der Waals surface area contributed by atoms with Crippen molar-refractivity contribution in [1.82, 2.24) is 30.4 Å². The van der Waals surface area contributed by atoms with Crippen molar-refractivity contribution in [2.24, 2.45) is 0 Å². The van der Waals surface area contributed by atoms with Gasteiger partial charge in [-0.3, -0.25) is 4.79 Å². The zero-order chi connectivity index (χ0) is 13.9. The summed E-state index contributed by atoms with van der Waals surface area (Å²) < 4.78 is 1.54. The van der Waals surface area contributed by atoms with Gasteiger partial charge >= 0.3 is 0 Å². The van der Waals surface area contributed by atoms with Crippen LogP contribution < -0.4 is 5.32 Å². The van der Waals surface area contributed by atoms with Gasteiger partial charge in [-0.2, -0.15) is 0 Å². The first-order valence-corrected chi connectivity index (χ1v) is 6.60. The van der Waals surface area contributed by atoms with E-state index in [1.165, 1.54) is 11.0 Å². The second-order valence-corrected chi connectivity index (χ2v) is 4.91. The standard InChI is InChI=1S/C13H16N6O/c1-10-8-18(6-5-14-10)13(20)11-3-2-4-12(7-11)19-9-15-16-17-19/h2-4,7,9-10,14H,5-6,8H2,1H3/t10-/m0/s1. The van der Waals surface area contributed by atoms with Gasteiger partial charge in [0.25, 0.3) is 5.91 Å². The van der Waals surface area contributed by atoms with Crippen LogP contribution in [0.2, 0.25) is 0 Å². The molecule has 0 unspecified atom stereocenters. The predicted molar refractivity (Wildman–Crippen MR) is 72.5 cm³/mol. The molecule has 1 saturated heterocycles. The van der Waals surface area contributed by atoms with Crippen molar-refractivity contribution >= 4 is 5.91 Å². The van der Waals surface area contributed by atoms with Crippen LogP contribution in [0.5, 0.6) is 0 Å². The Bertz CT molecular complexity index is 597.